The Kier molecular flexibility index (Phi) is 5.04. The third-order valence-corrected chi connectivity index (χ3v) is 3.85. The van der Waals surface area contributed by atoms with Gasteiger partial charge in [-0.25, -0.2) is 8.78 Å². The van der Waals surface area contributed by atoms with Gasteiger partial charge in [-0.2, -0.15) is 0 Å². The van der Waals surface area contributed by atoms with Gasteiger partial charge in [-0.15, -0.1) is 0 Å². The van der Waals surface area contributed by atoms with Gasteiger partial charge in [-0.05, 0) is 39.4 Å². The van der Waals surface area contributed by atoms with Crippen LogP contribution in [-0.4, -0.2) is 28.6 Å². The van der Waals surface area contributed by atoms with Crippen molar-refractivity contribution in [3.63, 3.8) is 0 Å². The van der Waals surface area contributed by atoms with Crippen molar-refractivity contribution in [2.75, 3.05) is 13.1 Å². The minimum Gasteiger partial charge on any atom is -0.386 e. The fourth-order valence-electron chi connectivity index (χ4n) is 2.46. The molecule has 0 aliphatic heterocycles. The second-order valence-corrected chi connectivity index (χ2v) is 5.33. The van der Waals surface area contributed by atoms with Crippen LogP contribution in [0.1, 0.15) is 44.9 Å². The fourth-order valence-corrected chi connectivity index (χ4v) is 2.46. The molecule has 1 rings (SSSR count). The van der Waals surface area contributed by atoms with Crippen molar-refractivity contribution in [2.24, 2.45) is 0 Å². The Bertz CT molecular complexity index is 442. The van der Waals surface area contributed by atoms with Crippen molar-refractivity contribution in [1.82, 2.24) is 4.90 Å². The zero-order chi connectivity index (χ0) is 14.8. The average molecular weight is 271 g/mol. The molecule has 0 saturated carbocycles. The molecule has 1 unspecified atom stereocenters. The maximum absolute atomic E-state index is 14.0. The highest BCUT2D eigenvalue weighted by Crippen LogP contribution is 2.33. The molecule has 0 spiro atoms. The SMILES string of the molecule is CCN(CC)C(C)(C)C(O)c1ccc(C)c(F)c1F. The van der Waals surface area contributed by atoms with E-state index in [1.54, 1.807) is 0 Å². The first-order chi connectivity index (χ1) is 8.77. The summed E-state index contributed by atoms with van der Waals surface area (Å²) in [6, 6.07) is 2.96. The minimum absolute atomic E-state index is 0.0139. The maximum Gasteiger partial charge on any atom is 0.164 e. The van der Waals surface area contributed by atoms with Crippen molar-refractivity contribution in [3.05, 3.63) is 34.9 Å². The third-order valence-electron chi connectivity index (χ3n) is 3.85. The van der Waals surface area contributed by atoms with Gasteiger partial charge < -0.3 is 5.11 Å². The largest absolute Gasteiger partial charge is 0.386 e. The van der Waals surface area contributed by atoms with E-state index >= 15 is 0 Å². The first kappa shape index (κ1) is 16.1. The number of halogens is 2. The van der Waals surface area contributed by atoms with Gasteiger partial charge >= 0.3 is 0 Å². The van der Waals surface area contributed by atoms with E-state index in [-0.39, 0.29) is 11.1 Å². The van der Waals surface area contributed by atoms with Gasteiger partial charge in [0.2, 0.25) is 0 Å². The fraction of sp³-hybridized carbons (Fsp3) is 0.600. The van der Waals surface area contributed by atoms with Crippen molar-refractivity contribution in [2.45, 2.75) is 46.3 Å². The Labute approximate surface area is 114 Å². The van der Waals surface area contributed by atoms with Crippen LogP contribution in [0.5, 0.6) is 0 Å². The molecule has 1 aromatic carbocycles. The summed E-state index contributed by atoms with van der Waals surface area (Å²) in [7, 11) is 0. The monoisotopic (exact) mass is 271 g/mol. The number of benzene rings is 1. The summed E-state index contributed by atoms with van der Waals surface area (Å²) in [6.45, 7) is 10.6. The van der Waals surface area contributed by atoms with Crippen LogP contribution in [0.25, 0.3) is 0 Å². The topological polar surface area (TPSA) is 23.5 Å². The van der Waals surface area contributed by atoms with Gasteiger partial charge in [0.15, 0.2) is 11.6 Å². The van der Waals surface area contributed by atoms with Crippen molar-refractivity contribution >= 4 is 0 Å². The van der Waals surface area contributed by atoms with Gasteiger partial charge in [0, 0.05) is 11.1 Å². The number of rotatable bonds is 5. The molecule has 4 heteroatoms. The molecule has 0 bridgehead atoms. The van der Waals surface area contributed by atoms with Crippen molar-refractivity contribution < 1.29 is 13.9 Å². The molecule has 2 nitrogen and oxygen atoms in total. The number of likely N-dealkylation sites (N-methyl/N-ethyl adjacent to an activating group) is 1. The minimum atomic E-state index is -1.08. The molecule has 1 atom stereocenters. The zero-order valence-corrected chi connectivity index (χ0v) is 12.3. The van der Waals surface area contributed by atoms with Crippen LogP contribution < -0.4 is 0 Å². The Hall–Kier alpha value is -1.00. The van der Waals surface area contributed by atoms with Gasteiger partial charge in [0.1, 0.15) is 0 Å². The van der Waals surface area contributed by atoms with Gasteiger partial charge in [-0.1, -0.05) is 26.0 Å². The summed E-state index contributed by atoms with van der Waals surface area (Å²) in [5, 5.41) is 10.4. The van der Waals surface area contributed by atoms with E-state index in [0.717, 1.165) is 13.1 Å². The Morgan fingerprint density at radius 2 is 1.68 bits per heavy atom. The second kappa shape index (κ2) is 5.97. The molecule has 0 amide bonds. The molecule has 1 N–H and O–H groups in total. The van der Waals surface area contributed by atoms with Crippen LogP contribution in [0.2, 0.25) is 0 Å². The Morgan fingerprint density at radius 1 is 1.16 bits per heavy atom. The number of hydrogen-bond acceptors (Lipinski definition) is 2. The molecule has 0 radical (unpaired) electrons. The van der Waals surface area contributed by atoms with Crippen LogP contribution in [0.15, 0.2) is 12.1 Å². The quantitative estimate of drug-likeness (QED) is 0.887. The van der Waals surface area contributed by atoms with Gasteiger partial charge in [0.25, 0.3) is 0 Å². The van der Waals surface area contributed by atoms with E-state index in [1.807, 2.05) is 32.6 Å². The number of aliphatic hydroxyl groups is 1. The summed E-state index contributed by atoms with van der Waals surface area (Å²) >= 11 is 0. The highest BCUT2D eigenvalue weighted by molar-refractivity contribution is 5.28. The van der Waals surface area contributed by atoms with E-state index in [4.69, 9.17) is 0 Å². The molecule has 108 valence electrons. The highest BCUT2D eigenvalue weighted by atomic mass is 19.2. The average Bonchev–Trinajstić information content (AvgIpc) is 2.36. The summed E-state index contributed by atoms with van der Waals surface area (Å²) in [6.07, 6.45) is -1.08. The highest BCUT2D eigenvalue weighted by Gasteiger charge is 2.35. The molecular formula is C15H23F2NO. The predicted octanol–water partition coefficient (Wildman–Crippen LogP) is 3.43. The first-order valence-electron chi connectivity index (χ1n) is 6.64. The van der Waals surface area contributed by atoms with Crippen LogP contribution in [0.4, 0.5) is 8.78 Å². The number of aryl methyl sites for hydroxylation is 1. The summed E-state index contributed by atoms with van der Waals surface area (Å²) in [5.74, 6) is -1.83. The van der Waals surface area contributed by atoms with Crippen LogP contribution in [0.3, 0.4) is 0 Å². The van der Waals surface area contributed by atoms with Crippen LogP contribution in [-0.2, 0) is 0 Å². The Balaban J connectivity index is 3.19. The maximum atomic E-state index is 14.0. The van der Waals surface area contributed by atoms with Crippen LogP contribution >= 0.6 is 0 Å². The summed E-state index contributed by atoms with van der Waals surface area (Å²) in [5.41, 5.74) is -0.402. The standard InChI is InChI=1S/C15H23F2NO/c1-6-18(7-2)15(4,5)14(19)11-9-8-10(3)12(16)13(11)17/h8-9,14,19H,6-7H2,1-5H3. The van der Waals surface area contributed by atoms with Crippen LogP contribution in [0, 0.1) is 18.6 Å². The Morgan fingerprint density at radius 3 is 2.16 bits per heavy atom. The lowest BCUT2D eigenvalue weighted by Gasteiger charge is -2.41. The molecule has 0 aliphatic rings. The van der Waals surface area contributed by atoms with E-state index in [9.17, 15) is 13.9 Å². The number of nitrogens with zero attached hydrogens (tertiary/aromatic N) is 1. The molecule has 0 saturated heterocycles. The lowest BCUT2D eigenvalue weighted by Crippen LogP contribution is -2.48. The molecule has 0 aromatic heterocycles. The summed E-state index contributed by atoms with van der Waals surface area (Å²) in [4.78, 5) is 2.02. The summed E-state index contributed by atoms with van der Waals surface area (Å²) < 4.78 is 27.6. The lowest BCUT2D eigenvalue weighted by atomic mass is 9.88. The molecule has 0 heterocycles. The smallest absolute Gasteiger partial charge is 0.164 e. The number of hydrogen-bond donors (Lipinski definition) is 1. The number of aliphatic hydroxyl groups excluding tert-OH is 1. The lowest BCUT2D eigenvalue weighted by molar-refractivity contribution is -0.00846. The van der Waals surface area contributed by atoms with Crippen molar-refractivity contribution in [1.29, 1.82) is 0 Å². The normalized spacial score (nSPS) is 13.9. The first-order valence-corrected chi connectivity index (χ1v) is 6.64. The molecule has 0 aliphatic carbocycles. The zero-order valence-electron chi connectivity index (χ0n) is 12.3. The second-order valence-electron chi connectivity index (χ2n) is 5.33. The van der Waals surface area contributed by atoms with E-state index in [1.165, 1.54) is 19.1 Å². The molecular weight excluding hydrogens is 248 g/mol. The van der Waals surface area contributed by atoms with E-state index in [0.29, 0.717) is 0 Å². The predicted molar refractivity (Wildman–Crippen MR) is 73.1 cm³/mol. The molecule has 19 heavy (non-hydrogen) atoms. The van der Waals surface area contributed by atoms with Gasteiger partial charge in [0.05, 0.1) is 6.10 Å². The van der Waals surface area contributed by atoms with E-state index < -0.39 is 23.3 Å². The molecule has 1 aromatic rings. The molecule has 0 fully saturated rings. The van der Waals surface area contributed by atoms with Crippen molar-refractivity contribution in [3.8, 4) is 0 Å². The van der Waals surface area contributed by atoms with E-state index in [2.05, 4.69) is 0 Å². The van der Waals surface area contributed by atoms with Gasteiger partial charge in [-0.3, -0.25) is 4.90 Å². The third kappa shape index (κ3) is 2.95.